The Morgan fingerprint density at radius 1 is 1.22 bits per heavy atom. The van der Waals surface area contributed by atoms with Crippen LogP contribution in [0.4, 0.5) is 0 Å². The number of nitrogens with zero attached hydrogens (tertiary/aromatic N) is 1. The van der Waals surface area contributed by atoms with Crippen LogP contribution in [-0.2, 0) is 4.74 Å². The molecule has 2 aromatic rings. The number of pyridine rings is 1. The number of carbonyl (C=O) groups excluding carboxylic acids is 2. The minimum Gasteiger partial charge on any atom is -0.465 e. The molecule has 1 atom stereocenters. The molecule has 0 spiro atoms. The highest BCUT2D eigenvalue weighted by molar-refractivity contribution is 6.35. The fourth-order valence-electron chi connectivity index (χ4n) is 1.97. The van der Waals surface area contributed by atoms with Crippen LogP contribution in [0.2, 0.25) is 10.0 Å². The van der Waals surface area contributed by atoms with Crippen molar-refractivity contribution >= 4 is 35.1 Å². The Morgan fingerprint density at radius 3 is 2.52 bits per heavy atom. The summed E-state index contributed by atoms with van der Waals surface area (Å²) in [6.45, 7) is 1.80. The summed E-state index contributed by atoms with van der Waals surface area (Å²) < 4.78 is 4.58. The van der Waals surface area contributed by atoms with Gasteiger partial charge < -0.3 is 10.1 Å². The molecule has 7 heteroatoms. The van der Waals surface area contributed by atoms with Gasteiger partial charge in [-0.1, -0.05) is 29.3 Å². The maximum Gasteiger partial charge on any atom is 0.339 e. The first-order chi connectivity index (χ1) is 10.9. The first kappa shape index (κ1) is 17.2. The monoisotopic (exact) mass is 352 g/mol. The fraction of sp³-hybridized carbons (Fsp3) is 0.188. The van der Waals surface area contributed by atoms with Gasteiger partial charge in [0.2, 0.25) is 0 Å². The molecule has 1 heterocycles. The molecule has 23 heavy (non-hydrogen) atoms. The third-order valence-corrected chi connectivity index (χ3v) is 3.76. The number of ether oxygens (including phenoxy) is 1. The van der Waals surface area contributed by atoms with Crippen molar-refractivity contribution in [2.75, 3.05) is 7.11 Å². The van der Waals surface area contributed by atoms with Crippen LogP contribution in [-0.4, -0.2) is 24.0 Å². The van der Waals surface area contributed by atoms with Crippen LogP contribution in [0, 0.1) is 0 Å². The predicted molar refractivity (Wildman–Crippen MR) is 87.9 cm³/mol. The summed E-state index contributed by atoms with van der Waals surface area (Å²) in [7, 11) is 1.28. The van der Waals surface area contributed by atoms with Gasteiger partial charge in [0.1, 0.15) is 5.69 Å². The maximum atomic E-state index is 12.2. The van der Waals surface area contributed by atoms with Gasteiger partial charge in [-0.15, -0.1) is 0 Å². The molecule has 0 saturated carbocycles. The van der Waals surface area contributed by atoms with Crippen molar-refractivity contribution in [3.05, 3.63) is 63.4 Å². The van der Waals surface area contributed by atoms with Crippen molar-refractivity contribution < 1.29 is 14.3 Å². The number of hydrogen-bond donors (Lipinski definition) is 1. The highest BCUT2D eigenvalue weighted by Gasteiger charge is 2.16. The number of nitrogens with one attached hydrogen (secondary N) is 1. The molecule has 1 N–H and O–H groups in total. The summed E-state index contributed by atoms with van der Waals surface area (Å²) in [5.41, 5.74) is 1.21. The average molecular weight is 353 g/mol. The van der Waals surface area contributed by atoms with Crippen molar-refractivity contribution in [3.8, 4) is 0 Å². The van der Waals surface area contributed by atoms with Crippen molar-refractivity contribution in [2.45, 2.75) is 13.0 Å². The number of benzene rings is 1. The van der Waals surface area contributed by atoms with Crippen LogP contribution < -0.4 is 5.32 Å². The van der Waals surface area contributed by atoms with Crippen LogP contribution in [0.1, 0.15) is 39.4 Å². The highest BCUT2D eigenvalue weighted by Crippen LogP contribution is 2.26. The van der Waals surface area contributed by atoms with Gasteiger partial charge in [-0.2, -0.15) is 0 Å². The van der Waals surface area contributed by atoms with Gasteiger partial charge in [0.05, 0.1) is 18.7 Å². The molecule has 0 aliphatic rings. The number of rotatable bonds is 4. The third kappa shape index (κ3) is 4.21. The van der Waals surface area contributed by atoms with Crippen molar-refractivity contribution in [3.63, 3.8) is 0 Å². The average Bonchev–Trinajstić information content (AvgIpc) is 2.54. The Hall–Kier alpha value is -2.11. The third-order valence-electron chi connectivity index (χ3n) is 3.19. The zero-order valence-corrected chi connectivity index (χ0v) is 14.0. The molecule has 1 aromatic heterocycles. The van der Waals surface area contributed by atoms with E-state index in [1.54, 1.807) is 25.1 Å². The van der Waals surface area contributed by atoms with E-state index in [9.17, 15) is 9.59 Å². The number of esters is 1. The Labute approximate surface area is 143 Å². The Kier molecular flexibility index (Phi) is 5.58. The van der Waals surface area contributed by atoms with Crippen molar-refractivity contribution in [2.24, 2.45) is 0 Å². The number of carbonyl (C=O) groups is 2. The molecule has 0 saturated heterocycles. The first-order valence-electron chi connectivity index (χ1n) is 6.72. The lowest BCUT2D eigenvalue weighted by Gasteiger charge is -2.15. The molecule has 2 rings (SSSR count). The van der Waals surface area contributed by atoms with E-state index in [0.29, 0.717) is 10.0 Å². The van der Waals surface area contributed by atoms with Crippen molar-refractivity contribution in [1.82, 2.24) is 10.3 Å². The van der Waals surface area contributed by atoms with E-state index < -0.39 is 5.97 Å². The van der Waals surface area contributed by atoms with E-state index >= 15 is 0 Å². The first-order valence-corrected chi connectivity index (χ1v) is 7.48. The summed E-state index contributed by atoms with van der Waals surface area (Å²) in [4.78, 5) is 27.5. The van der Waals surface area contributed by atoms with Crippen molar-refractivity contribution in [1.29, 1.82) is 0 Å². The molecular formula is C16H14Cl2N2O3. The quantitative estimate of drug-likeness (QED) is 0.852. The molecular weight excluding hydrogens is 339 g/mol. The van der Waals surface area contributed by atoms with Gasteiger partial charge in [0, 0.05) is 16.2 Å². The van der Waals surface area contributed by atoms with Crippen LogP contribution >= 0.6 is 23.2 Å². The van der Waals surface area contributed by atoms with E-state index in [1.807, 2.05) is 0 Å². The Bertz CT molecular complexity index is 733. The largest absolute Gasteiger partial charge is 0.465 e. The lowest BCUT2D eigenvalue weighted by atomic mass is 10.1. The molecule has 0 radical (unpaired) electrons. The molecule has 0 unspecified atom stereocenters. The molecule has 0 fully saturated rings. The molecule has 0 aliphatic heterocycles. The van der Waals surface area contributed by atoms with E-state index in [4.69, 9.17) is 23.2 Å². The van der Waals surface area contributed by atoms with E-state index in [2.05, 4.69) is 15.0 Å². The lowest BCUT2D eigenvalue weighted by molar-refractivity contribution is 0.0599. The number of amides is 1. The van der Waals surface area contributed by atoms with Gasteiger partial charge in [-0.3, -0.25) is 9.78 Å². The topological polar surface area (TPSA) is 68.3 Å². The second-order valence-corrected chi connectivity index (χ2v) is 5.63. The van der Waals surface area contributed by atoms with E-state index in [0.717, 1.165) is 5.56 Å². The number of methoxy groups -OCH3 is 1. The van der Waals surface area contributed by atoms with E-state index in [1.165, 1.54) is 25.4 Å². The van der Waals surface area contributed by atoms with Gasteiger partial charge in [-0.05, 0) is 36.8 Å². The normalized spacial score (nSPS) is 11.7. The van der Waals surface area contributed by atoms with Crippen LogP contribution in [0.15, 0.2) is 36.5 Å². The lowest BCUT2D eigenvalue weighted by Crippen LogP contribution is -2.27. The standard InChI is InChI=1S/C16H14Cl2N2O3/c1-9(12-5-4-11(17)7-13(12)18)20-15(21)14-6-3-10(8-19-14)16(22)23-2/h3-9H,1-2H3,(H,20,21)/t9-/m1/s1. The van der Waals surface area contributed by atoms with E-state index in [-0.39, 0.29) is 23.2 Å². The Balaban J connectivity index is 2.10. The van der Waals surface area contributed by atoms with Gasteiger partial charge in [-0.25, -0.2) is 4.79 Å². The zero-order valence-electron chi connectivity index (χ0n) is 12.5. The molecule has 0 bridgehead atoms. The molecule has 120 valence electrons. The molecule has 0 aliphatic carbocycles. The number of halogens is 2. The fourth-order valence-corrected chi connectivity index (χ4v) is 2.54. The summed E-state index contributed by atoms with van der Waals surface area (Å²) >= 11 is 12.0. The number of hydrogen-bond acceptors (Lipinski definition) is 4. The van der Waals surface area contributed by atoms with Gasteiger partial charge in [0.25, 0.3) is 5.91 Å². The maximum absolute atomic E-state index is 12.2. The SMILES string of the molecule is COC(=O)c1ccc(C(=O)N[C@H](C)c2ccc(Cl)cc2Cl)nc1. The zero-order chi connectivity index (χ0) is 17.0. The summed E-state index contributed by atoms with van der Waals surface area (Å²) in [6, 6.07) is 7.68. The summed E-state index contributed by atoms with van der Waals surface area (Å²) in [5, 5.41) is 3.79. The highest BCUT2D eigenvalue weighted by atomic mass is 35.5. The summed E-state index contributed by atoms with van der Waals surface area (Å²) in [5.74, 6) is -0.884. The second-order valence-electron chi connectivity index (χ2n) is 4.78. The predicted octanol–water partition coefficient (Wildman–Crippen LogP) is 3.67. The second kappa shape index (κ2) is 7.44. The summed E-state index contributed by atoms with van der Waals surface area (Å²) in [6.07, 6.45) is 1.29. The van der Waals surface area contributed by atoms with Crippen LogP contribution in [0.5, 0.6) is 0 Å². The van der Waals surface area contributed by atoms with Gasteiger partial charge >= 0.3 is 5.97 Å². The number of aromatic nitrogens is 1. The smallest absolute Gasteiger partial charge is 0.339 e. The van der Waals surface area contributed by atoms with Crippen LogP contribution in [0.25, 0.3) is 0 Å². The minimum atomic E-state index is -0.509. The molecule has 5 nitrogen and oxygen atoms in total. The Morgan fingerprint density at radius 2 is 1.96 bits per heavy atom. The van der Waals surface area contributed by atoms with Crippen LogP contribution in [0.3, 0.4) is 0 Å². The molecule has 1 aromatic carbocycles. The minimum absolute atomic E-state index is 0.189. The molecule has 1 amide bonds. The van der Waals surface area contributed by atoms with Gasteiger partial charge in [0.15, 0.2) is 0 Å².